The molecular formula is C21H21ClN4O4. The molecule has 8 nitrogen and oxygen atoms in total. The molecule has 0 saturated carbocycles. The molecule has 0 unspecified atom stereocenters. The first-order valence-corrected chi connectivity index (χ1v) is 9.78. The molecule has 2 N–H and O–H groups in total. The van der Waals surface area contributed by atoms with E-state index in [1.54, 1.807) is 63.6 Å². The molecule has 0 spiro atoms. The van der Waals surface area contributed by atoms with E-state index in [9.17, 15) is 9.59 Å². The molecule has 1 aliphatic rings. The Labute approximate surface area is 178 Å². The highest BCUT2D eigenvalue weighted by atomic mass is 35.5. The van der Waals surface area contributed by atoms with Gasteiger partial charge < -0.3 is 19.8 Å². The number of ether oxygens (including phenoxy) is 1. The van der Waals surface area contributed by atoms with Crippen LogP contribution in [0.1, 0.15) is 37.5 Å². The molecule has 0 saturated heterocycles. The molecule has 2 amide bonds. The molecule has 9 heteroatoms. The van der Waals surface area contributed by atoms with Crippen molar-refractivity contribution in [2.24, 2.45) is 7.05 Å². The van der Waals surface area contributed by atoms with Gasteiger partial charge in [-0.15, -0.1) is 0 Å². The van der Waals surface area contributed by atoms with Crippen LogP contribution in [0.2, 0.25) is 5.02 Å². The molecule has 3 heterocycles. The van der Waals surface area contributed by atoms with Gasteiger partial charge in [-0.25, -0.2) is 0 Å². The number of benzene rings is 1. The van der Waals surface area contributed by atoms with Crippen molar-refractivity contribution in [2.45, 2.75) is 31.8 Å². The molecule has 1 atom stereocenters. The van der Waals surface area contributed by atoms with E-state index in [0.29, 0.717) is 33.7 Å². The van der Waals surface area contributed by atoms with Gasteiger partial charge in [0, 0.05) is 18.5 Å². The fourth-order valence-corrected chi connectivity index (χ4v) is 3.54. The molecule has 0 bridgehead atoms. The van der Waals surface area contributed by atoms with Crippen LogP contribution in [0, 0.1) is 0 Å². The zero-order valence-corrected chi connectivity index (χ0v) is 17.5. The molecule has 1 aromatic carbocycles. The first-order valence-electron chi connectivity index (χ1n) is 9.41. The quantitative estimate of drug-likeness (QED) is 0.641. The van der Waals surface area contributed by atoms with Gasteiger partial charge in [0.2, 0.25) is 5.91 Å². The standard InChI is InChI=1S/C21H21ClN4O4/c1-21(2,30-13-8-6-12(22)7-9-13)20(28)24-18-17-14(15-5-4-10-29-15)11-16(27)23-19(17)26(3)25-18/h4-10,14H,11H2,1-3H3,(H,23,27)(H,24,25,28)/t14-/m1/s1. The number of furan rings is 1. The minimum atomic E-state index is -1.18. The summed E-state index contributed by atoms with van der Waals surface area (Å²) in [6, 6.07) is 10.3. The predicted octanol–water partition coefficient (Wildman–Crippen LogP) is 3.94. The minimum Gasteiger partial charge on any atom is -0.478 e. The number of aryl methyl sites for hydroxylation is 1. The number of rotatable bonds is 5. The van der Waals surface area contributed by atoms with Crippen molar-refractivity contribution in [1.82, 2.24) is 9.78 Å². The molecular weight excluding hydrogens is 408 g/mol. The number of aromatic nitrogens is 2. The van der Waals surface area contributed by atoms with Crippen LogP contribution in [0.15, 0.2) is 47.1 Å². The molecule has 3 aromatic rings. The Bertz CT molecular complexity index is 1090. The number of hydrogen-bond donors (Lipinski definition) is 2. The van der Waals surface area contributed by atoms with Gasteiger partial charge >= 0.3 is 0 Å². The van der Waals surface area contributed by atoms with Crippen LogP contribution in [-0.4, -0.2) is 27.2 Å². The summed E-state index contributed by atoms with van der Waals surface area (Å²) in [5, 5.41) is 10.7. The van der Waals surface area contributed by atoms with Crippen molar-refractivity contribution >= 4 is 35.1 Å². The number of nitrogens with one attached hydrogen (secondary N) is 2. The summed E-state index contributed by atoms with van der Waals surface area (Å²) in [5.41, 5.74) is -0.487. The molecule has 1 aliphatic heterocycles. The average molecular weight is 429 g/mol. The maximum Gasteiger partial charge on any atom is 0.269 e. The minimum absolute atomic E-state index is 0.142. The van der Waals surface area contributed by atoms with Gasteiger partial charge in [0.15, 0.2) is 11.4 Å². The van der Waals surface area contributed by atoms with Crippen molar-refractivity contribution < 1.29 is 18.7 Å². The summed E-state index contributed by atoms with van der Waals surface area (Å²) in [6.45, 7) is 3.33. The molecule has 156 valence electrons. The smallest absolute Gasteiger partial charge is 0.269 e. The first-order chi connectivity index (χ1) is 14.2. The predicted molar refractivity (Wildman–Crippen MR) is 112 cm³/mol. The average Bonchev–Trinajstić information content (AvgIpc) is 3.32. The Balaban J connectivity index is 1.62. The van der Waals surface area contributed by atoms with E-state index in [1.807, 2.05) is 0 Å². The van der Waals surface area contributed by atoms with Crippen LogP contribution in [0.5, 0.6) is 5.75 Å². The third kappa shape index (κ3) is 3.78. The summed E-state index contributed by atoms with van der Waals surface area (Å²) < 4.78 is 12.9. The van der Waals surface area contributed by atoms with Gasteiger partial charge in [-0.3, -0.25) is 14.3 Å². The monoisotopic (exact) mass is 428 g/mol. The second kappa shape index (κ2) is 7.53. The molecule has 0 radical (unpaired) electrons. The third-order valence-corrected chi connectivity index (χ3v) is 5.18. The molecule has 2 aromatic heterocycles. The van der Waals surface area contributed by atoms with E-state index in [4.69, 9.17) is 20.8 Å². The van der Waals surface area contributed by atoms with Crippen LogP contribution in [0.4, 0.5) is 11.6 Å². The van der Waals surface area contributed by atoms with Crippen LogP contribution in [0.3, 0.4) is 0 Å². The number of carbonyl (C=O) groups is 2. The maximum absolute atomic E-state index is 13.0. The highest BCUT2D eigenvalue weighted by molar-refractivity contribution is 6.30. The molecule has 4 rings (SSSR count). The lowest BCUT2D eigenvalue weighted by Crippen LogP contribution is -2.43. The van der Waals surface area contributed by atoms with E-state index in [2.05, 4.69) is 15.7 Å². The molecule has 0 fully saturated rings. The van der Waals surface area contributed by atoms with Gasteiger partial charge in [0.1, 0.15) is 17.3 Å². The van der Waals surface area contributed by atoms with Crippen LogP contribution in [-0.2, 0) is 16.6 Å². The summed E-state index contributed by atoms with van der Waals surface area (Å²) >= 11 is 5.91. The van der Waals surface area contributed by atoms with Crippen LogP contribution in [0.25, 0.3) is 0 Å². The lowest BCUT2D eigenvalue weighted by atomic mass is 9.91. The molecule has 0 aliphatic carbocycles. The fraction of sp³-hybridized carbons (Fsp3) is 0.286. The Kier molecular flexibility index (Phi) is 5.03. The summed E-state index contributed by atoms with van der Waals surface area (Å²) in [7, 11) is 1.70. The van der Waals surface area contributed by atoms with E-state index < -0.39 is 5.60 Å². The lowest BCUT2D eigenvalue weighted by Gasteiger charge is -2.26. The first kappa shape index (κ1) is 20.0. The zero-order valence-electron chi connectivity index (χ0n) is 16.7. The fourth-order valence-electron chi connectivity index (χ4n) is 3.42. The van der Waals surface area contributed by atoms with Gasteiger partial charge in [0.05, 0.1) is 17.7 Å². The Morgan fingerprint density at radius 3 is 2.73 bits per heavy atom. The molecule has 30 heavy (non-hydrogen) atoms. The number of anilines is 2. The zero-order chi connectivity index (χ0) is 21.5. The third-order valence-electron chi connectivity index (χ3n) is 4.93. The number of carbonyl (C=O) groups excluding carboxylic acids is 2. The maximum atomic E-state index is 13.0. The second-order valence-electron chi connectivity index (χ2n) is 7.58. The largest absolute Gasteiger partial charge is 0.478 e. The Hall–Kier alpha value is -3.26. The Morgan fingerprint density at radius 1 is 1.33 bits per heavy atom. The van der Waals surface area contributed by atoms with Crippen molar-refractivity contribution in [1.29, 1.82) is 0 Å². The number of fused-ring (bicyclic) bond motifs is 1. The van der Waals surface area contributed by atoms with Crippen LogP contribution < -0.4 is 15.4 Å². The normalized spacial score (nSPS) is 16.0. The SMILES string of the molecule is Cn1nc(NC(=O)C(C)(C)Oc2ccc(Cl)cc2)c2c1NC(=O)C[C@@H]2c1ccco1. The van der Waals surface area contributed by atoms with E-state index >= 15 is 0 Å². The summed E-state index contributed by atoms with van der Waals surface area (Å²) in [5.74, 6) is 1.15. The van der Waals surface area contributed by atoms with Gasteiger partial charge in [-0.1, -0.05) is 11.6 Å². The number of hydrogen-bond acceptors (Lipinski definition) is 5. The van der Waals surface area contributed by atoms with Gasteiger partial charge in [0.25, 0.3) is 5.91 Å². The number of halogens is 1. The van der Waals surface area contributed by atoms with E-state index in [-0.39, 0.29) is 24.2 Å². The lowest BCUT2D eigenvalue weighted by molar-refractivity contribution is -0.128. The highest BCUT2D eigenvalue weighted by Crippen LogP contribution is 2.41. The summed E-state index contributed by atoms with van der Waals surface area (Å²) in [6.07, 6.45) is 1.75. The topological polar surface area (TPSA) is 98.4 Å². The number of amides is 2. The van der Waals surface area contributed by atoms with Gasteiger partial charge in [-0.05, 0) is 50.2 Å². The van der Waals surface area contributed by atoms with Crippen molar-refractivity contribution in [3.63, 3.8) is 0 Å². The highest BCUT2D eigenvalue weighted by Gasteiger charge is 2.37. The number of nitrogens with zero attached hydrogens (tertiary/aromatic N) is 2. The van der Waals surface area contributed by atoms with Gasteiger partial charge in [-0.2, -0.15) is 5.10 Å². The summed E-state index contributed by atoms with van der Waals surface area (Å²) in [4.78, 5) is 25.2. The van der Waals surface area contributed by atoms with Crippen molar-refractivity contribution in [3.8, 4) is 5.75 Å². The second-order valence-corrected chi connectivity index (χ2v) is 8.01. The van der Waals surface area contributed by atoms with E-state index in [1.165, 1.54) is 4.68 Å². The van der Waals surface area contributed by atoms with Crippen LogP contribution >= 0.6 is 11.6 Å². The Morgan fingerprint density at radius 2 is 2.07 bits per heavy atom. The van der Waals surface area contributed by atoms with Crippen molar-refractivity contribution in [3.05, 3.63) is 59.0 Å². The van der Waals surface area contributed by atoms with E-state index in [0.717, 1.165) is 0 Å². The van der Waals surface area contributed by atoms with Crippen molar-refractivity contribution in [2.75, 3.05) is 10.6 Å².